The largest absolute Gasteiger partial charge is 0.309 e. The summed E-state index contributed by atoms with van der Waals surface area (Å²) in [5, 5.41) is 5.05. The second kappa shape index (κ2) is 13.5. The van der Waals surface area contributed by atoms with Crippen molar-refractivity contribution in [2.24, 2.45) is 0 Å². The van der Waals surface area contributed by atoms with Crippen molar-refractivity contribution in [1.82, 2.24) is 18.7 Å². The normalized spacial score (nSPS) is 13.0. The molecule has 0 bridgehead atoms. The molecule has 1 aliphatic rings. The highest BCUT2D eigenvalue weighted by Gasteiger charge is 2.19. The summed E-state index contributed by atoms with van der Waals surface area (Å²) in [6.07, 6.45) is 8.92. The topological polar surface area (TPSA) is 27.7 Å². The number of hydrogen-bond donors (Lipinski definition) is 0. The molecule has 0 fully saturated rings. The molecular weight excluding hydrogens is 717 g/mol. The predicted molar refractivity (Wildman–Crippen MR) is 247 cm³/mol. The zero-order chi connectivity index (χ0) is 38.9. The van der Waals surface area contributed by atoms with Crippen molar-refractivity contribution in [3.63, 3.8) is 0 Å². The number of para-hydroxylation sites is 6. The van der Waals surface area contributed by atoms with Gasteiger partial charge in [0.25, 0.3) is 0 Å². The highest BCUT2D eigenvalue weighted by atomic mass is 15.1. The Hall–Kier alpha value is -7.69. The van der Waals surface area contributed by atoms with Crippen LogP contribution in [0.5, 0.6) is 0 Å². The van der Waals surface area contributed by atoms with Crippen molar-refractivity contribution < 1.29 is 0 Å². The summed E-state index contributed by atoms with van der Waals surface area (Å²) in [6.45, 7) is 0. The Kier molecular flexibility index (Phi) is 7.63. The van der Waals surface area contributed by atoms with E-state index in [0.29, 0.717) is 0 Å². The van der Waals surface area contributed by atoms with E-state index in [1.54, 1.807) is 0 Å². The van der Waals surface area contributed by atoms with E-state index >= 15 is 0 Å². The van der Waals surface area contributed by atoms with Gasteiger partial charge in [-0.05, 0) is 120 Å². The molecule has 0 saturated heterocycles. The van der Waals surface area contributed by atoms with Crippen molar-refractivity contribution in [3.05, 3.63) is 206 Å². The van der Waals surface area contributed by atoms with E-state index in [0.717, 1.165) is 74.6 Å². The molecular formula is C55H38N4. The molecule has 0 unspecified atom stereocenters. The summed E-state index contributed by atoms with van der Waals surface area (Å²) < 4.78 is 7.09. The van der Waals surface area contributed by atoms with Crippen LogP contribution in [0.1, 0.15) is 12.8 Å². The molecule has 3 aromatic heterocycles. The van der Waals surface area contributed by atoms with E-state index in [2.05, 4.69) is 220 Å². The summed E-state index contributed by atoms with van der Waals surface area (Å²) >= 11 is 0. The molecule has 12 rings (SSSR count). The Morgan fingerprint density at radius 3 is 1.24 bits per heavy atom. The molecule has 0 aliphatic heterocycles. The third-order valence-corrected chi connectivity index (χ3v) is 12.1. The zero-order valence-electron chi connectivity index (χ0n) is 32.3. The van der Waals surface area contributed by atoms with E-state index in [-0.39, 0.29) is 0 Å². The SMILES string of the molecule is C1=CC(n2c(-c3cc(-c4ccc(-n5c6ccccc6c6ccccc65)cc4)cc(-c4ccc(-n5c6ccccc6c6ccccc65)cc4)c3)nc3ccccc32)=CCC1. The van der Waals surface area contributed by atoms with Gasteiger partial charge in [0, 0.05) is 44.2 Å². The number of aromatic nitrogens is 4. The lowest BCUT2D eigenvalue weighted by Gasteiger charge is -2.16. The summed E-state index contributed by atoms with van der Waals surface area (Å²) in [5.41, 5.74) is 16.0. The molecule has 1 aliphatic carbocycles. The van der Waals surface area contributed by atoms with E-state index in [1.807, 2.05) is 0 Å². The molecule has 0 amide bonds. The smallest absolute Gasteiger partial charge is 0.145 e. The van der Waals surface area contributed by atoms with Gasteiger partial charge in [0.05, 0.1) is 33.1 Å². The molecule has 8 aromatic carbocycles. The number of benzene rings is 8. The van der Waals surface area contributed by atoms with Crippen molar-refractivity contribution in [2.45, 2.75) is 12.8 Å². The number of hydrogen-bond acceptors (Lipinski definition) is 1. The minimum atomic E-state index is 0.941. The average Bonchev–Trinajstić information content (AvgIpc) is 3.98. The van der Waals surface area contributed by atoms with Gasteiger partial charge >= 0.3 is 0 Å². The lowest BCUT2D eigenvalue weighted by Crippen LogP contribution is -2.01. The van der Waals surface area contributed by atoms with Gasteiger partial charge in [-0.15, -0.1) is 0 Å². The van der Waals surface area contributed by atoms with Crippen LogP contribution in [-0.2, 0) is 0 Å². The van der Waals surface area contributed by atoms with Gasteiger partial charge in [0.1, 0.15) is 5.82 Å². The first-order valence-electron chi connectivity index (χ1n) is 20.4. The Morgan fingerprint density at radius 2 is 0.780 bits per heavy atom. The Labute approximate surface area is 341 Å². The molecule has 278 valence electrons. The molecule has 0 saturated carbocycles. The van der Waals surface area contributed by atoms with E-state index in [9.17, 15) is 0 Å². The van der Waals surface area contributed by atoms with Gasteiger partial charge in [-0.2, -0.15) is 0 Å². The lowest BCUT2D eigenvalue weighted by molar-refractivity contribution is 1.01. The Bertz CT molecular complexity index is 3200. The van der Waals surface area contributed by atoms with Gasteiger partial charge in [0.15, 0.2) is 0 Å². The molecule has 59 heavy (non-hydrogen) atoms. The van der Waals surface area contributed by atoms with Crippen LogP contribution in [0.2, 0.25) is 0 Å². The summed E-state index contributed by atoms with van der Waals surface area (Å²) in [7, 11) is 0. The van der Waals surface area contributed by atoms with Crippen LogP contribution in [0.25, 0.3) is 105 Å². The fourth-order valence-corrected chi connectivity index (χ4v) is 9.34. The van der Waals surface area contributed by atoms with Gasteiger partial charge in [-0.3, -0.25) is 4.57 Å². The molecule has 11 aromatic rings. The minimum absolute atomic E-state index is 0.941. The molecule has 0 N–H and O–H groups in total. The van der Waals surface area contributed by atoms with Crippen LogP contribution in [0.15, 0.2) is 206 Å². The highest BCUT2D eigenvalue weighted by Crippen LogP contribution is 2.39. The van der Waals surface area contributed by atoms with E-state index < -0.39 is 0 Å². The number of rotatable bonds is 6. The first kappa shape index (κ1) is 33.4. The molecule has 4 nitrogen and oxygen atoms in total. The first-order chi connectivity index (χ1) is 29.3. The zero-order valence-corrected chi connectivity index (χ0v) is 32.3. The van der Waals surface area contributed by atoms with Crippen LogP contribution in [0, 0.1) is 0 Å². The van der Waals surface area contributed by atoms with Crippen LogP contribution in [0.3, 0.4) is 0 Å². The molecule has 0 spiro atoms. The summed E-state index contributed by atoms with van der Waals surface area (Å²) in [6, 6.07) is 68.3. The van der Waals surface area contributed by atoms with Crippen molar-refractivity contribution in [2.75, 3.05) is 0 Å². The van der Waals surface area contributed by atoms with Crippen LogP contribution in [-0.4, -0.2) is 18.7 Å². The third-order valence-electron chi connectivity index (χ3n) is 12.1. The third kappa shape index (κ3) is 5.41. The van der Waals surface area contributed by atoms with Gasteiger partial charge in [-0.25, -0.2) is 4.98 Å². The van der Waals surface area contributed by atoms with E-state index in [1.165, 1.54) is 43.6 Å². The summed E-state index contributed by atoms with van der Waals surface area (Å²) in [5.74, 6) is 0.941. The van der Waals surface area contributed by atoms with Crippen molar-refractivity contribution >= 4 is 60.3 Å². The molecule has 4 heteroatoms. The minimum Gasteiger partial charge on any atom is -0.309 e. The van der Waals surface area contributed by atoms with Crippen LogP contribution in [0.4, 0.5) is 0 Å². The summed E-state index contributed by atoms with van der Waals surface area (Å²) in [4.78, 5) is 5.32. The number of nitrogens with zero attached hydrogens (tertiary/aromatic N) is 4. The van der Waals surface area contributed by atoms with Gasteiger partial charge in [0.2, 0.25) is 0 Å². The maximum atomic E-state index is 5.32. The number of allylic oxidation sites excluding steroid dienone is 4. The predicted octanol–water partition coefficient (Wildman–Crippen LogP) is 14.4. The maximum Gasteiger partial charge on any atom is 0.145 e. The lowest BCUT2D eigenvalue weighted by atomic mass is 9.95. The van der Waals surface area contributed by atoms with Crippen LogP contribution < -0.4 is 0 Å². The quantitative estimate of drug-likeness (QED) is 0.166. The fraction of sp³-hybridized carbons (Fsp3) is 0.0364. The standard InChI is InChI=1S/C55H38N4/c1-2-14-42(15-3-1)59-54-25-13-8-20-49(54)56-55(59)41-35-39(37-26-30-43(31-27-37)57-50-21-9-4-16-45(50)46-17-5-10-22-51(46)57)34-40(36-41)38-28-32-44(33-29-38)58-52-23-11-6-18-47(52)48-19-7-12-24-53(48)58/h2,4-36H,1,3H2. The number of fused-ring (bicyclic) bond motifs is 7. The van der Waals surface area contributed by atoms with Crippen LogP contribution >= 0.6 is 0 Å². The fourth-order valence-electron chi connectivity index (χ4n) is 9.34. The molecule has 0 radical (unpaired) electrons. The second-order valence-electron chi connectivity index (χ2n) is 15.5. The van der Waals surface area contributed by atoms with Crippen molar-refractivity contribution in [1.29, 1.82) is 0 Å². The Morgan fingerprint density at radius 1 is 0.356 bits per heavy atom. The average molecular weight is 755 g/mol. The highest BCUT2D eigenvalue weighted by molar-refractivity contribution is 6.10. The maximum absolute atomic E-state index is 5.32. The van der Waals surface area contributed by atoms with Gasteiger partial charge < -0.3 is 9.13 Å². The first-order valence-corrected chi connectivity index (χ1v) is 20.4. The number of imidazole rings is 1. The molecule has 0 atom stereocenters. The van der Waals surface area contributed by atoms with Gasteiger partial charge in [-0.1, -0.05) is 121 Å². The second-order valence-corrected chi connectivity index (χ2v) is 15.5. The monoisotopic (exact) mass is 754 g/mol. The Balaban J connectivity index is 1.02. The van der Waals surface area contributed by atoms with Crippen molar-refractivity contribution in [3.8, 4) is 45.0 Å². The molecule has 3 heterocycles. The van der Waals surface area contributed by atoms with E-state index in [4.69, 9.17) is 4.98 Å².